The number of methoxy groups -OCH3 is 2. The van der Waals surface area contributed by atoms with Gasteiger partial charge in [0, 0.05) is 30.6 Å². The van der Waals surface area contributed by atoms with E-state index in [4.69, 9.17) is 42.6 Å². The molecule has 0 aromatic heterocycles. The van der Waals surface area contributed by atoms with Gasteiger partial charge in [0.15, 0.2) is 24.1 Å². The number of para-hydroxylation sites is 1. The Morgan fingerprint density at radius 1 is 1.05 bits per heavy atom. The van der Waals surface area contributed by atoms with E-state index in [-0.39, 0.29) is 37.4 Å². The molecule has 3 saturated heterocycles. The minimum absolute atomic E-state index is 0.0195. The maximum Gasteiger partial charge on any atom is 0.509 e. The van der Waals surface area contributed by atoms with Crippen LogP contribution in [0, 0.1) is 23.7 Å². The van der Waals surface area contributed by atoms with Gasteiger partial charge in [0.25, 0.3) is 0 Å². The molecule has 1 aromatic carbocycles. The summed E-state index contributed by atoms with van der Waals surface area (Å²) in [4.78, 5) is 58.0. The van der Waals surface area contributed by atoms with Crippen LogP contribution >= 0.6 is 0 Å². The zero-order valence-corrected chi connectivity index (χ0v) is 36.1. The molecule has 0 radical (unpaired) electrons. The Kier molecular flexibility index (Phi) is 15.9. The first-order valence-corrected chi connectivity index (χ1v) is 20.2. The van der Waals surface area contributed by atoms with Gasteiger partial charge in [-0.15, -0.1) is 6.58 Å². The topological polar surface area (TPSA) is 175 Å². The summed E-state index contributed by atoms with van der Waals surface area (Å²) in [5.41, 5.74) is -2.49. The highest BCUT2D eigenvalue weighted by atomic mass is 16.8. The van der Waals surface area contributed by atoms with Crippen LogP contribution in [0.3, 0.4) is 0 Å². The molecule has 3 aliphatic rings. The van der Waals surface area contributed by atoms with Gasteiger partial charge in [-0.25, -0.2) is 9.59 Å². The number of aliphatic hydroxyl groups excluding tert-OH is 1. The number of aliphatic hydroxyl groups is 1. The minimum atomic E-state index is -1.53. The lowest BCUT2D eigenvalue weighted by Gasteiger charge is -2.48. The average Bonchev–Trinajstić information content (AvgIpc) is 3.51. The van der Waals surface area contributed by atoms with E-state index in [2.05, 4.69) is 6.58 Å². The van der Waals surface area contributed by atoms with E-state index in [9.17, 15) is 24.3 Å². The molecule has 0 spiro atoms. The van der Waals surface area contributed by atoms with Crippen molar-refractivity contribution < 1.29 is 66.9 Å². The molecule has 58 heavy (non-hydrogen) atoms. The van der Waals surface area contributed by atoms with E-state index in [1.54, 1.807) is 72.7 Å². The molecule has 4 rings (SSSR count). The van der Waals surface area contributed by atoms with Crippen LogP contribution in [0.2, 0.25) is 0 Å². The van der Waals surface area contributed by atoms with Crippen molar-refractivity contribution in [2.24, 2.45) is 23.7 Å². The van der Waals surface area contributed by atoms with Gasteiger partial charge in [-0.1, -0.05) is 52.0 Å². The molecule has 15 nitrogen and oxygen atoms in total. The standard InChI is InChI=1S/C43H65NO14/c1-14-20-52-35(28-18-16-17-19-30(28)50-12)39(48)55-34-26(6)36(56-40-33(46)29(44(10)11)21-24(4)53-40)42(8,51-13)22-23(3)32(45)25(5)37-43(9,58-41(49)57-37)31(15-2)54-38(47)27(34)7/h14,16-19,23-27,29,31,33-37,40,46H,1,15,20-22H2,2-13H3/t23-,24-,25+,26+,27-,29+,31-,33-,34-,35?,36-,37-,40+,42+,43-/m1/s1. The lowest BCUT2D eigenvalue weighted by atomic mass is 9.74. The normalized spacial score (nSPS) is 38.1. The Balaban J connectivity index is 1.91. The summed E-state index contributed by atoms with van der Waals surface area (Å²) >= 11 is 0. The second kappa shape index (κ2) is 19.6. The molecule has 0 amide bonds. The molecule has 1 aromatic rings. The van der Waals surface area contributed by atoms with Crippen LogP contribution in [0.25, 0.3) is 0 Å². The summed E-state index contributed by atoms with van der Waals surface area (Å²) < 4.78 is 54.9. The van der Waals surface area contributed by atoms with Gasteiger partial charge in [0.05, 0.1) is 43.4 Å². The van der Waals surface area contributed by atoms with E-state index < -0.39 is 95.9 Å². The first-order valence-electron chi connectivity index (χ1n) is 20.2. The number of carbonyl (C=O) groups is 4. The van der Waals surface area contributed by atoms with Crippen molar-refractivity contribution in [2.45, 2.75) is 141 Å². The van der Waals surface area contributed by atoms with Crippen molar-refractivity contribution in [1.82, 2.24) is 4.90 Å². The Morgan fingerprint density at radius 2 is 1.72 bits per heavy atom. The smallest absolute Gasteiger partial charge is 0.496 e. The Morgan fingerprint density at radius 3 is 2.33 bits per heavy atom. The van der Waals surface area contributed by atoms with E-state index in [1.165, 1.54) is 20.3 Å². The molecule has 1 N–H and O–H groups in total. The number of rotatable bonds is 12. The maximum atomic E-state index is 14.5. The van der Waals surface area contributed by atoms with Crippen LogP contribution in [0.4, 0.5) is 4.79 Å². The van der Waals surface area contributed by atoms with Crippen LogP contribution in [0.5, 0.6) is 5.75 Å². The number of nitrogens with zero attached hydrogens (tertiary/aromatic N) is 1. The summed E-state index contributed by atoms with van der Waals surface area (Å²) in [6, 6.07) is 6.51. The van der Waals surface area contributed by atoms with Crippen molar-refractivity contribution in [2.75, 3.05) is 34.9 Å². The van der Waals surface area contributed by atoms with Gasteiger partial charge in [-0.2, -0.15) is 0 Å². The number of esters is 2. The quantitative estimate of drug-likeness (QED) is 0.165. The van der Waals surface area contributed by atoms with Crippen molar-refractivity contribution in [3.63, 3.8) is 0 Å². The third kappa shape index (κ3) is 9.88. The van der Waals surface area contributed by atoms with Crippen molar-refractivity contribution in [3.8, 4) is 5.75 Å². The number of benzene rings is 1. The first-order chi connectivity index (χ1) is 27.3. The van der Waals surface area contributed by atoms with Gasteiger partial charge in [0.1, 0.15) is 29.8 Å². The van der Waals surface area contributed by atoms with Gasteiger partial charge >= 0.3 is 18.1 Å². The molecular weight excluding hydrogens is 754 g/mol. The molecule has 326 valence electrons. The maximum absolute atomic E-state index is 14.5. The van der Waals surface area contributed by atoms with Crippen LogP contribution in [0.15, 0.2) is 36.9 Å². The van der Waals surface area contributed by atoms with E-state index in [1.807, 2.05) is 25.9 Å². The van der Waals surface area contributed by atoms with Crippen LogP contribution < -0.4 is 4.74 Å². The Bertz CT molecular complexity index is 1600. The van der Waals surface area contributed by atoms with E-state index in [0.717, 1.165) is 0 Å². The highest BCUT2D eigenvalue weighted by molar-refractivity contribution is 5.84. The van der Waals surface area contributed by atoms with Crippen molar-refractivity contribution >= 4 is 23.9 Å². The number of likely N-dealkylation sites (N-methyl/N-ethyl adjacent to an activating group) is 1. The fourth-order valence-corrected chi connectivity index (χ4v) is 8.93. The second-order valence-electron chi connectivity index (χ2n) is 16.6. The van der Waals surface area contributed by atoms with Gasteiger partial charge < -0.3 is 52.6 Å². The summed E-state index contributed by atoms with van der Waals surface area (Å²) in [7, 11) is 6.66. The number of fused-ring (bicyclic) bond motifs is 1. The summed E-state index contributed by atoms with van der Waals surface area (Å²) in [6.45, 7) is 17.4. The molecular formula is C43H65NO14. The summed E-state index contributed by atoms with van der Waals surface area (Å²) in [6.07, 6.45) is -7.17. The molecule has 15 atom stereocenters. The Hall–Kier alpha value is -3.60. The fraction of sp³-hybridized carbons (Fsp3) is 0.721. The van der Waals surface area contributed by atoms with Gasteiger partial charge in [-0.05, 0) is 67.1 Å². The minimum Gasteiger partial charge on any atom is -0.496 e. The van der Waals surface area contributed by atoms with Crippen molar-refractivity contribution in [3.05, 3.63) is 42.5 Å². The summed E-state index contributed by atoms with van der Waals surface area (Å²) in [5.74, 6) is -5.17. The monoisotopic (exact) mass is 819 g/mol. The number of Topliss-reactive ketones (excluding diaryl/α,β-unsaturated/α-hetero) is 1. The molecule has 1 unspecified atom stereocenters. The van der Waals surface area contributed by atoms with Crippen LogP contribution in [-0.2, 0) is 52.3 Å². The Labute approximate surface area is 342 Å². The number of ketones is 1. The predicted molar refractivity (Wildman–Crippen MR) is 211 cm³/mol. The largest absolute Gasteiger partial charge is 0.509 e. The number of carbonyl (C=O) groups excluding carboxylic acids is 4. The zero-order chi connectivity index (χ0) is 43.3. The number of cyclic esters (lactones) is 1. The van der Waals surface area contributed by atoms with Crippen LogP contribution in [-0.4, -0.2) is 129 Å². The molecule has 0 aliphatic carbocycles. The zero-order valence-electron chi connectivity index (χ0n) is 36.1. The molecule has 3 aliphatic heterocycles. The molecule has 0 saturated carbocycles. The third-order valence-corrected chi connectivity index (χ3v) is 12.2. The fourth-order valence-electron chi connectivity index (χ4n) is 8.93. The highest BCUT2D eigenvalue weighted by Gasteiger charge is 2.59. The number of ether oxygens (including phenoxy) is 9. The lowest BCUT2D eigenvalue weighted by Crippen LogP contribution is -2.60. The van der Waals surface area contributed by atoms with E-state index >= 15 is 0 Å². The second-order valence-corrected chi connectivity index (χ2v) is 16.6. The average molecular weight is 820 g/mol. The molecule has 15 heteroatoms. The summed E-state index contributed by atoms with van der Waals surface area (Å²) in [5, 5.41) is 11.7. The SMILES string of the molecule is C=CCOC(C(=O)O[C@@H]1[C@H](C)[C@@H](O[C@@H]2O[C@H](C)C[C@H](N(C)C)[C@H]2O)[C@@](C)(OC)C[C@@H](C)C(=O)[C@H](C)[C@H]2OC(=O)O[C@]2(C)[C@@H](CC)OC(=O)[C@@H]1C)c1ccccc1OC. The van der Waals surface area contributed by atoms with Crippen LogP contribution in [0.1, 0.15) is 86.3 Å². The third-order valence-electron chi connectivity index (χ3n) is 12.2. The molecule has 3 fully saturated rings. The predicted octanol–water partition coefficient (Wildman–Crippen LogP) is 5.20. The molecule has 0 bridgehead atoms. The highest BCUT2D eigenvalue weighted by Crippen LogP contribution is 2.43. The number of hydrogen-bond donors (Lipinski definition) is 1. The van der Waals surface area contributed by atoms with Gasteiger partial charge in [-0.3, -0.25) is 9.59 Å². The molecule has 3 heterocycles. The van der Waals surface area contributed by atoms with Gasteiger partial charge in [0.2, 0.25) is 0 Å². The lowest BCUT2D eigenvalue weighted by molar-refractivity contribution is -0.302. The van der Waals surface area contributed by atoms with Crippen molar-refractivity contribution in [1.29, 1.82) is 0 Å². The van der Waals surface area contributed by atoms with E-state index in [0.29, 0.717) is 17.7 Å². The first kappa shape index (κ1) is 47.1. The number of hydrogen-bond acceptors (Lipinski definition) is 15.